The van der Waals surface area contributed by atoms with Gasteiger partial charge in [-0.15, -0.1) is 0 Å². The summed E-state index contributed by atoms with van der Waals surface area (Å²) in [6.07, 6.45) is 3.17. The van der Waals surface area contributed by atoms with Gasteiger partial charge in [0.2, 0.25) is 0 Å². The molecule has 1 aliphatic rings. The van der Waals surface area contributed by atoms with Crippen LogP contribution in [0.25, 0.3) is 0 Å². The normalized spacial score (nSPS) is 21.2. The first-order chi connectivity index (χ1) is 7.99. The Morgan fingerprint density at radius 3 is 2.24 bits per heavy atom. The number of rotatable bonds is 5. The van der Waals surface area contributed by atoms with E-state index in [1.54, 1.807) is 0 Å². The summed E-state index contributed by atoms with van der Waals surface area (Å²) >= 11 is 0. The summed E-state index contributed by atoms with van der Waals surface area (Å²) in [5.41, 5.74) is 0. The maximum atomic E-state index is 12.0. The van der Waals surface area contributed by atoms with E-state index >= 15 is 0 Å². The van der Waals surface area contributed by atoms with Crippen LogP contribution in [0.2, 0.25) is 0 Å². The van der Waals surface area contributed by atoms with Crippen LogP contribution in [0.4, 0.5) is 13.2 Å². The van der Waals surface area contributed by atoms with E-state index in [1.807, 2.05) is 0 Å². The van der Waals surface area contributed by atoms with Gasteiger partial charge in [0, 0.05) is 12.5 Å². The molecule has 1 fully saturated rings. The van der Waals surface area contributed by atoms with Crippen molar-refractivity contribution in [2.75, 3.05) is 6.54 Å². The van der Waals surface area contributed by atoms with E-state index in [1.165, 1.54) is 38.5 Å². The van der Waals surface area contributed by atoms with Crippen LogP contribution in [0.1, 0.15) is 58.3 Å². The summed E-state index contributed by atoms with van der Waals surface area (Å²) in [6.45, 7) is 2.60. The molecular formula is C13H24F3N. The quantitative estimate of drug-likeness (QED) is 0.568. The van der Waals surface area contributed by atoms with Crippen LogP contribution in [-0.2, 0) is 0 Å². The van der Waals surface area contributed by atoms with Crippen molar-refractivity contribution in [1.82, 2.24) is 5.32 Å². The first-order valence-electron chi connectivity index (χ1n) is 6.79. The van der Waals surface area contributed by atoms with Gasteiger partial charge >= 0.3 is 6.18 Å². The zero-order valence-corrected chi connectivity index (χ0v) is 10.7. The van der Waals surface area contributed by atoms with Gasteiger partial charge in [-0.05, 0) is 38.6 Å². The largest absolute Gasteiger partial charge is 0.389 e. The van der Waals surface area contributed by atoms with Crippen molar-refractivity contribution in [2.24, 2.45) is 5.92 Å². The molecule has 1 saturated carbocycles. The maximum Gasteiger partial charge on any atom is 0.389 e. The molecule has 0 radical (unpaired) electrons. The number of alkyl halides is 3. The summed E-state index contributed by atoms with van der Waals surface area (Å²) in [5, 5.41) is 3.25. The van der Waals surface area contributed by atoms with Gasteiger partial charge in [-0.1, -0.05) is 25.7 Å². The molecule has 4 heteroatoms. The molecule has 1 rings (SSSR count). The number of nitrogens with one attached hydrogen (secondary N) is 1. The minimum Gasteiger partial charge on any atom is -0.314 e. The van der Waals surface area contributed by atoms with Crippen molar-refractivity contribution in [3.63, 3.8) is 0 Å². The monoisotopic (exact) mass is 251 g/mol. The highest BCUT2D eigenvalue weighted by molar-refractivity contribution is 4.74. The fourth-order valence-electron chi connectivity index (χ4n) is 2.60. The molecule has 0 heterocycles. The Kier molecular flexibility index (Phi) is 6.31. The van der Waals surface area contributed by atoms with Crippen LogP contribution in [0.5, 0.6) is 0 Å². The highest BCUT2D eigenvalue weighted by Gasteiger charge is 2.26. The second kappa shape index (κ2) is 7.24. The molecule has 0 bridgehead atoms. The van der Waals surface area contributed by atoms with E-state index in [4.69, 9.17) is 0 Å². The van der Waals surface area contributed by atoms with E-state index < -0.39 is 12.6 Å². The summed E-state index contributed by atoms with van der Waals surface area (Å²) in [5.74, 6) is 0.656. The van der Waals surface area contributed by atoms with Gasteiger partial charge in [-0.25, -0.2) is 0 Å². The zero-order valence-electron chi connectivity index (χ0n) is 10.7. The van der Waals surface area contributed by atoms with E-state index in [0.717, 1.165) is 0 Å². The molecular weight excluding hydrogens is 227 g/mol. The zero-order chi connectivity index (χ0) is 12.7. The van der Waals surface area contributed by atoms with Crippen molar-refractivity contribution in [2.45, 2.75) is 70.5 Å². The Hall–Kier alpha value is -0.250. The van der Waals surface area contributed by atoms with Crippen LogP contribution < -0.4 is 5.32 Å². The molecule has 1 atom stereocenters. The van der Waals surface area contributed by atoms with Gasteiger partial charge in [0.25, 0.3) is 0 Å². The Labute approximate surface area is 102 Å². The molecule has 0 aromatic carbocycles. The molecule has 1 nitrogen and oxygen atoms in total. The lowest BCUT2D eigenvalue weighted by Crippen LogP contribution is -2.34. The standard InChI is InChI=1S/C13H24F3N/c1-11(12-7-4-2-3-5-8-12)17-10-6-9-13(14,15)16/h11-12,17H,2-10H2,1H3/t11-/m0/s1. The van der Waals surface area contributed by atoms with Gasteiger partial charge in [0.05, 0.1) is 0 Å². The van der Waals surface area contributed by atoms with Gasteiger partial charge in [-0.2, -0.15) is 13.2 Å². The van der Waals surface area contributed by atoms with Crippen molar-refractivity contribution in [3.8, 4) is 0 Å². The Bertz CT molecular complexity index is 195. The smallest absolute Gasteiger partial charge is 0.314 e. The van der Waals surface area contributed by atoms with Crippen LogP contribution in [0.3, 0.4) is 0 Å². The van der Waals surface area contributed by atoms with Crippen LogP contribution >= 0.6 is 0 Å². The van der Waals surface area contributed by atoms with Crippen molar-refractivity contribution in [1.29, 1.82) is 0 Å². The van der Waals surface area contributed by atoms with Crippen LogP contribution in [0.15, 0.2) is 0 Å². The summed E-state index contributed by atoms with van der Waals surface area (Å²) < 4.78 is 35.9. The van der Waals surface area contributed by atoms with Gasteiger partial charge < -0.3 is 5.32 Å². The number of halogens is 3. The molecule has 1 aliphatic carbocycles. The van der Waals surface area contributed by atoms with E-state index in [0.29, 0.717) is 18.5 Å². The van der Waals surface area contributed by atoms with Gasteiger partial charge in [0.15, 0.2) is 0 Å². The maximum absolute atomic E-state index is 12.0. The molecule has 0 amide bonds. The second-order valence-electron chi connectivity index (χ2n) is 5.21. The summed E-state index contributed by atoms with van der Waals surface area (Å²) in [6, 6.07) is 0.362. The molecule has 0 saturated heterocycles. The predicted molar refractivity (Wildman–Crippen MR) is 63.9 cm³/mol. The van der Waals surface area contributed by atoms with Gasteiger partial charge in [-0.3, -0.25) is 0 Å². The highest BCUT2D eigenvalue weighted by atomic mass is 19.4. The summed E-state index contributed by atoms with van der Waals surface area (Å²) in [7, 11) is 0. The molecule has 17 heavy (non-hydrogen) atoms. The fraction of sp³-hybridized carbons (Fsp3) is 1.00. The number of hydrogen-bond donors (Lipinski definition) is 1. The van der Waals surface area contributed by atoms with E-state index in [9.17, 15) is 13.2 Å². The topological polar surface area (TPSA) is 12.0 Å². The average Bonchev–Trinajstić information content (AvgIpc) is 2.51. The molecule has 0 aromatic rings. The average molecular weight is 251 g/mol. The third kappa shape index (κ3) is 6.92. The second-order valence-corrected chi connectivity index (χ2v) is 5.21. The molecule has 0 unspecified atom stereocenters. The molecule has 0 aromatic heterocycles. The third-order valence-electron chi connectivity index (χ3n) is 3.71. The lowest BCUT2D eigenvalue weighted by atomic mass is 9.93. The molecule has 0 spiro atoms. The molecule has 1 N–H and O–H groups in total. The van der Waals surface area contributed by atoms with Crippen LogP contribution in [0, 0.1) is 5.92 Å². The molecule has 102 valence electrons. The highest BCUT2D eigenvalue weighted by Crippen LogP contribution is 2.25. The minimum absolute atomic E-state index is 0.195. The fourth-order valence-corrected chi connectivity index (χ4v) is 2.60. The predicted octanol–water partition coefficient (Wildman–Crippen LogP) is 4.28. The summed E-state index contributed by atoms with van der Waals surface area (Å²) in [4.78, 5) is 0. The van der Waals surface area contributed by atoms with E-state index in [-0.39, 0.29) is 6.42 Å². The third-order valence-corrected chi connectivity index (χ3v) is 3.71. The van der Waals surface area contributed by atoms with Crippen LogP contribution in [-0.4, -0.2) is 18.8 Å². The Balaban J connectivity index is 2.13. The lowest BCUT2D eigenvalue weighted by Gasteiger charge is -2.23. The Morgan fingerprint density at radius 1 is 1.12 bits per heavy atom. The van der Waals surface area contributed by atoms with Crippen molar-refractivity contribution < 1.29 is 13.2 Å². The molecule has 0 aliphatic heterocycles. The first-order valence-corrected chi connectivity index (χ1v) is 6.79. The first kappa shape index (κ1) is 14.8. The Morgan fingerprint density at radius 2 is 1.71 bits per heavy atom. The van der Waals surface area contributed by atoms with Gasteiger partial charge in [0.1, 0.15) is 0 Å². The van der Waals surface area contributed by atoms with Crippen molar-refractivity contribution in [3.05, 3.63) is 0 Å². The SMILES string of the molecule is C[C@H](NCCCC(F)(F)F)C1CCCCCC1. The minimum atomic E-state index is -4.01. The van der Waals surface area contributed by atoms with E-state index in [2.05, 4.69) is 12.2 Å². The van der Waals surface area contributed by atoms with Crippen molar-refractivity contribution >= 4 is 0 Å². The lowest BCUT2D eigenvalue weighted by molar-refractivity contribution is -0.135. The number of hydrogen-bond acceptors (Lipinski definition) is 1.